The SMILES string of the molecule is CCc1ccc(S(=O)(=O)Nc2ccc(Nc3cc(-c4cccc5cccnc45)ncn3)cc2)cc1. The number of fused-ring (bicyclic) bond motifs is 1. The number of benzene rings is 3. The van der Waals surface area contributed by atoms with Gasteiger partial charge < -0.3 is 5.32 Å². The van der Waals surface area contributed by atoms with Crippen LogP contribution in [0.3, 0.4) is 0 Å². The van der Waals surface area contributed by atoms with Gasteiger partial charge in [0.15, 0.2) is 0 Å². The van der Waals surface area contributed by atoms with E-state index in [0.29, 0.717) is 11.5 Å². The first-order valence-corrected chi connectivity index (χ1v) is 12.7. The molecule has 35 heavy (non-hydrogen) atoms. The van der Waals surface area contributed by atoms with Gasteiger partial charge in [-0.3, -0.25) is 9.71 Å². The molecular weight excluding hydrogens is 458 g/mol. The number of anilines is 3. The zero-order valence-corrected chi connectivity index (χ0v) is 19.8. The van der Waals surface area contributed by atoms with E-state index in [1.165, 1.54) is 6.33 Å². The van der Waals surface area contributed by atoms with Crippen molar-refractivity contribution in [3.63, 3.8) is 0 Å². The third-order valence-corrected chi connectivity index (χ3v) is 7.02. The van der Waals surface area contributed by atoms with Crippen LogP contribution in [0.2, 0.25) is 0 Å². The van der Waals surface area contributed by atoms with Crippen molar-refractivity contribution in [1.29, 1.82) is 0 Å². The Bertz CT molecular complexity index is 1580. The molecule has 2 N–H and O–H groups in total. The molecule has 2 aromatic heterocycles. The Morgan fingerprint density at radius 1 is 0.800 bits per heavy atom. The predicted molar refractivity (Wildman–Crippen MR) is 139 cm³/mol. The molecule has 174 valence electrons. The summed E-state index contributed by atoms with van der Waals surface area (Å²) in [7, 11) is -3.66. The van der Waals surface area contributed by atoms with E-state index in [0.717, 1.165) is 39.8 Å². The Morgan fingerprint density at radius 2 is 1.54 bits per heavy atom. The van der Waals surface area contributed by atoms with Crippen LogP contribution < -0.4 is 10.0 Å². The Labute approximate surface area is 204 Å². The lowest BCUT2D eigenvalue weighted by Crippen LogP contribution is -2.12. The second kappa shape index (κ2) is 9.52. The van der Waals surface area contributed by atoms with E-state index in [-0.39, 0.29) is 4.90 Å². The summed E-state index contributed by atoms with van der Waals surface area (Å²) in [6.45, 7) is 2.03. The molecule has 0 saturated heterocycles. The standard InChI is InChI=1S/C27H23N5O2S/c1-2-19-8-14-23(15-9-19)35(33,34)32-22-12-10-21(11-13-22)31-26-17-25(29-18-30-26)24-7-3-5-20-6-4-16-28-27(20)24/h3-18,32H,2H2,1H3,(H,29,30,31). The van der Waals surface area contributed by atoms with Gasteiger partial charge in [-0.2, -0.15) is 0 Å². The van der Waals surface area contributed by atoms with E-state index < -0.39 is 10.0 Å². The van der Waals surface area contributed by atoms with Gasteiger partial charge in [0, 0.05) is 34.6 Å². The Kier molecular flexibility index (Phi) is 6.12. The van der Waals surface area contributed by atoms with E-state index in [2.05, 4.69) is 25.0 Å². The fourth-order valence-corrected chi connectivity index (χ4v) is 4.83. The van der Waals surface area contributed by atoms with Crippen molar-refractivity contribution < 1.29 is 8.42 Å². The molecule has 0 spiro atoms. The van der Waals surface area contributed by atoms with Gasteiger partial charge in [0.2, 0.25) is 0 Å². The summed E-state index contributed by atoms with van der Waals surface area (Å²) in [5.41, 5.74) is 4.88. The van der Waals surface area contributed by atoms with Crippen molar-refractivity contribution in [2.75, 3.05) is 10.0 Å². The Hall–Kier alpha value is -4.30. The van der Waals surface area contributed by atoms with Crippen LogP contribution in [-0.2, 0) is 16.4 Å². The summed E-state index contributed by atoms with van der Waals surface area (Å²) in [4.78, 5) is 13.5. The average molecular weight is 482 g/mol. The number of nitrogens with zero attached hydrogens (tertiary/aromatic N) is 3. The second-order valence-corrected chi connectivity index (χ2v) is 9.66. The van der Waals surface area contributed by atoms with Crippen LogP contribution in [0.25, 0.3) is 22.2 Å². The van der Waals surface area contributed by atoms with Crippen molar-refractivity contribution in [3.8, 4) is 11.3 Å². The molecule has 0 unspecified atom stereocenters. The van der Waals surface area contributed by atoms with E-state index in [1.54, 1.807) is 42.6 Å². The molecule has 5 rings (SSSR count). The minimum atomic E-state index is -3.66. The van der Waals surface area contributed by atoms with Crippen LogP contribution in [0.4, 0.5) is 17.2 Å². The highest BCUT2D eigenvalue weighted by atomic mass is 32.2. The van der Waals surface area contributed by atoms with Gasteiger partial charge >= 0.3 is 0 Å². The highest BCUT2D eigenvalue weighted by Gasteiger charge is 2.14. The van der Waals surface area contributed by atoms with Gasteiger partial charge in [-0.25, -0.2) is 18.4 Å². The van der Waals surface area contributed by atoms with Gasteiger partial charge in [0.1, 0.15) is 12.1 Å². The lowest BCUT2D eigenvalue weighted by Gasteiger charge is -2.11. The normalized spacial score (nSPS) is 11.3. The van der Waals surface area contributed by atoms with Gasteiger partial charge in [0.05, 0.1) is 16.1 Å². The summed E-state index contributed by atoms with van der Waals surface area (Å²) < 4.78 is 28.0. The minimum absolute atomic E-state index is 0.230. The molecule has 0 aliphatic heterocycles. The van der Waals surface area contributed by atoms with Crippen LogP contribution in [0, 0.1) is 0 Å². The lowest BCUT2D eigenvalue weighted by atomic mass is 10.1. The van der Waals surface area contributed by atoms with Gasteiger partial charge in [-0.1, -0.05) is 43.3 Å². The molecule has 3 aromatic carbocycles. The zero-order valence-electron chi connectivity index (χ0n) is 19.0. The summed E-state index contributed by atoms with van der Waals surface area (Å²) >= 11 is 0. The Morgan fingerprint density at radius 3 is 2.31 bits per heavy atom. The van der Waals surface area contributed by atoms with E-state index in [4.69, 9.17) is 0 Å². The van der Waals surface area contributed by atoms with Crippen molar-refractivity contribution in [1.82, 2.24) is 15.0 Å². The number of sulfonamides is 1. The fourth-order valence-electron chi connectivity index (χ4n) is 3.77. The molecule has 0 aliphatic rings. The molecule has 0 radical (unpaired) electrons. The topological polar surface area (TPSA) is 96.9 Å². The fraction of sp³-hybridized carbons (Fsp3) is 0.0741. The number of aromatic nitrogens is 3. The lowest BCUT2D eigenvalue weighted by molar-refractivity contribution is 0.601. The highest BCUT2D eigenvalue weighted by Crippen LogP contribution is 2.27. The first kappa shape index (κ1) is 22.5. The molecule has 0 aliphatic carbocycles. The van der Waals surface area contributed by atoms with Gasteiger partial charge in [-0.05, 0) is 54.4 Å². The maximum Gasteiger partial charge on any atom is 0.261 e. The second-order valence-electron chi connectivity index (χ2n) is 7.97. The number of hydrogen-bond acceptors (Lipinski definition) is 6. The van der Waals surface area contributed by atoms with Crippen molar-refractivity contribution in [2.45, 2.75) is 18.2 Å². The molecule has 0 amide bonds. The zero-order chi connectivity index (χ0) is 24.3. The van der Waals surface area contributed by atoms with Crippen LogP contribution in [0.1, 0.15) is 12.5 Å². The third-order valence-electron chi connectivity index (χ3n) is 5.63. The summed E-state index contributed by atoms with van der Waals surface area (Å²) in [6, 6.07) is 25.6. The molecule has 0 saturated carbocycles. The maximum atomic E-state index is 12.7. The molecule has 8 heteroatoms. The summed E-state index contributed by atoms with van der Waals surface area (Å²) in [5.74, 6) is 0.618. The number of hydrogen-bond donors (Lipinski definition) is 2. The first-order valence-electron chi connectivity index (χ1n) is 11.2. The Balaban J connectivity index is 1.33. The van der Waals surface area contributed by atoms with Gasteiger partial charge in [-0.15, -0.1) is 0 Å². The quantitative estimate of drug-likeness (QED) is 0.305. The van der Waals surface area contributed by atoms with Crippen molar-refractivity contribution >= 4 is 38.1 Å². The molecular formula is C27H23N5O2S. The third kappa shape index (κ3) is 4.97. The number of aryl methyl sites for hydroxylation is 1. The van der Waals surface area contributed by atoms with E-state index in [1.807, 2.05) is 55.5 Å². The number of para-hydroxylation sites is 1. The van der Waals surface area contributed by atoms with E-state index in [9.17, 15) is 8.42 Å². The number of nitrogens with one attached hydrogen (secondary N) is 2. The molecule has 0 bridgehead atoms. The monoisotopic (exact) mass is 481 g/mol. The molecule has 2 heterocycles. The van der Waals surface area contributed by atoms with Crippen LogP contribution in [-0.4, -0.2) is 23.4 Å². The van der Waals surface area contributed by atoms with Crippen LogP contribution in [0.15, 0.2) is 102 Å². The average Bonchev–Trinajstić information content (AvgIpc) is 2.89. The first-order chi connectivity index (χ1) is 17.0. The van der Waals surface area contributed by atoms with E-state index >= 15 is 0 Å². The van der Waals surface area contributed by atoms with Crippen LogP contribution >= 0.6 is 0 Å². The minimum Gasteiger partial charge on any atom is -0.340 e. The van der Waals surface area contributed by atoms with Crippen LogP contribution in [0.5, 0.6) is 0 Å². The molecule has 7 nitrogen and oxygen atoms in total. The highest BCUT2D eigenvalue weighted by molar-refractivity contribution is 7.92. The molecule has 5 aromatic rings. The summed E-state index contributed by atoms with van der Waals surface area (Å²) in [6.07, 6.45) is 4.13. The maximum absolute atomic E-state index is 12.7. The van der Waals surface area contributed by atoms with Gasteiger partial charge in [0.25, 0.3) is 10.0 Å². The van der Waals surface area contributed by atoms with Crippen molar-refractivity contribution in [2.24, 2.45) is 0 Å². The number of pyridine rings is 1. The van der Waals surface area contributed by atoms with Crippen molar-refractivity contribution in [3.05, 3.63) is 103 Å². The molecule has 0 fully saturated rings. The largest absolute Gasteiger partial charge is 0.340 e. The summed E-state index contributed by atoms with van der Waals surface area (Å²) in [5, 5.41) is 4.29. The smallest absolute Gasteiger partial charge is 0.261 e. The number of rotatable bonds is 7. The molecule has 0 atom stereocenters. The predicted octanol–water partition coefficient (Wildman–Crippen LogP) is 5.80.